The molecule has 54 heavy (non-hydrogen) atoms. The lowest BCUT2D eigenvalue weighted by Gasteiger charge is -2.26. The quantitative estimate of drug-likeness (QED) is 0.0510. The van der Waals surface area contributed by atoms with Crippen LogP contribution in [-0.4, -0.2) is 57.6 Å². The van der Waals surface area contributed by atoms with Crippen LogP contribution in [0, 0.1) is 11.3 Å². The van der Waals surface area contributed by atoms with E-state index in [0.717, 1.165) is 24.1 Å². The molecular weight excluding hydrogens is 705 g/mol. The first-order valence-electron chi connectivity index (χ1n) is 20.3. The van der Waals surface area contributed by atoms with Gasteiger partial charge in [-0.3, -0.25) is 9.05 Å². The fourth-order valence-electron chi connectivity index (χ4n) is 6.86. The van der Waals surface area contributed by atoms with Crippen molar-refractivity contribution in [2.75, 3.05) is 32.2 Å². The molecule has 0 saturated carbocycles. The van der Waals surface area contributed by atoms with Crippen LogP contribution in [0.3, 0.4) is 0 Å². The number of hydrogen-bond donors (Lipinski definition) is 2. The molecule has 300 valence electrons. The van der Waals surface area contributed by atoms with Gasteiger partial charge in [0.25, 0.3) is 0 Å². The smallest absolute Gasteiger partial charge is 0.382 e. The van der Waals surface area contributed by atoms with Crippen LogP contribution >= 0.6 is 7.82 Å². The highest BCUT2D eigenvalue weighted by Gasteiger charge is 2.40. The number of unbranched alkanes of at least 4 members (excludes halogenated alkanes) is 15. The molecular formula is C41H64N5O7P. The Labute approximate surface area is 322 Å². The molecule has 0 spiro atoms. The van der Waals surface area contributed by atoms with Crippen LogP contribution in [0.5, 0.6) is 0 Å². The molecule has 0 bridgehead atoms. The van der Waals surface area contributed by atoms with Gasteiger partial charge in [0, 0.05) is 6.61 Å². The van der Waals surface area contributed by atoms with Gasteiger partial charge in [-0.1, -0.05) is 115 Å². The average molecular weight is 770 g/mol. The van der Waals surface area contributed by atoms with Gasteiger partial charge in [0.2, 0.25) is 0 Å². The van der Waals surface area contributed by atoms with Crippen molar-refractivity contribution in [3.05, 3.63) is 59.5 Å². The van der Waals surface area contributed by atoms with Gasteiger partial charge < -0.3 is 24.8 Å². The SMILES string of the molecule is CCCCCCCCCCCCCCCCCCOC[C@H](COP(=O)(O)OC[C@]1(C)CC[C@H](c2ccc3c(N)ncnn23)O1)OCc1ccc(C#N)cc1. The van der Waals surface area contributed by atoms with Crippen molar-refractivity contribution in [2.45, 2.75) is 154 Å². The van der Waals surface area contributed by atoms with Gasteiger partial charge in [-0.2, -0.15) is 10.4 Å². The van der Waals surface area contributed by atoms with Crippen LogP contribution in [-0.2, 0) is 34.4 Å². The van der Waals surface area contributed by atoms with E-state index >= 15 is 0 Å². The van der Waals surface area contributed by atoms with Crippen molar-refractivity contribution in [1.29, 1.82) is 5.26 Å². The predicted octanol–water partition coefficient (Wildman–Crippen LogP) is 9.79. The Morgan fingerprint density at radius 2 is 1.57 bits per heavy atom. The molecule has 0 amide bonds. The summed E-state index contributed by atoms with van der Waals surface area (Å²) in [6.45, 7) is 4.81. The molecule has 0 aliphatic carbocycles. The van der Waals surface area contributed by atoms with E-state index in [9.17, 15) is 9.46 Å². The second-order valence-electron chi connectivity index (χ2n) is 15.0. The topological polar surface area (TPSA) is 163 Å². The van der Waals surface area contributed by atoms with Crippen LogP contribution in [0.4, 0.5) is 5.82 Å². The Kier molecular flexibility index (Phi) is 19.4. The number of ether oxygens (including phenoxy) is 3. The Bertz CT molecular complexity index is 1580. The summed E-state index contributed by atoms with van der Waals surface area (Å²) in [7, 11) is -4.45. The van der Waals surface area contributed by atoms with Crippen molar-refractivity contribution in [2.24, 2.45) is 0 Å². The molecule has 1 unspecified atom stereocenters. The number of fused-ring (bicyclic) bond motifs is 1. The molecule has 1 aliphatic heterocycles. The standard InChI is InChI=1S/C41H64N5O7P/c1-3-4-5-6-7-8-9-10-11-12-13-14-15-16-17-18-27-49-30-36(50-29-35-21-19-34(28-42)20-22-35)31-51-54(47,48)52-32-41(2)26-25-39(53-41)37-23-24-38-40(43)44-33-45-46(37)38/h19-24,33,36,39H,3-18,25-27,29-32H2,1-2H3,(H,47,48)(H2,43,44,45)/t36-,39-,41+/m1/s1. The fourth-order valence-corrected chi connectivity index (χ4v) is 7.73. The second kappa shape index (κ2) is 23.9. The Morgan fingerprint density at radius 1 is 0.944 bits per heavy atom. The normalized spacial score (nSPS) is 18.9. The first-order valence-corrected chi connectivity index (χ1v) is 21.8. The summed E-state index contributed by atoms with van der Waals surface area (Å²) in [5.41, 5.74) is 8.12. The van der Waals surface area contributed by atoms with Crippen molar-refractivity contribution in [3.8, 4) is 6.07 Å². The third kappa shape index (κ3) is 15.7. The summed E-state index contributed by atoms with van der Waals surface area (Å²) < 4.78 is 43.9. The van der Waals surface area contributed by atoms with Crippen molar-refractivity contribution in [1.82, 2.24) is 14.6 Å². The maximum absolute atomic E-state index is 13.0. The van der Waals surface area contributed by atoms with Crippen LogP contribution in [0.1, 0.15) is 152 Å². The van der Waals surface area contributed by atoms with Gasteiger partial charge in [0.05, 0.1) is 49.4 Å². The van der Waals surface area contributed by atoms with Gasteiger partial charge in [-0.15, -0.1) is 0 Å². The van der Waals surface area contributed by atoms with Crippen LogP contribution < -0.4 is 5.73 Å². The molecule has 3 aromatic rings. The summed E-state index contributed by atoms with van der Waals surface area (Å²) in [6.07, 6.45) is 22.7. The number of anilines is 1. The third-order valence-electron chi connectivity index (χ3n) is 10.2. The average Bonchev–Trinajstić information content (AvgIpc) is 3.79. The summed E-state index contributed by atoms with van der Waals surface area (Å²) in [6, 6.07) is 13.0. The van der Waals surface area contributed by atoms with E-state index in [2.05, 4.69) is 23.1 Å². The molecule has 13 heteroatoms. The number of benzene rings is 1. The largest absolute Gasteiger partial charge is 0.472 e. The highest BCUT2D eigenvalue weighted by molar-refractivity contribution is 7.47. The van der Waals surface area contributed by atoms with Crippen molar-refractivity contribution < 1.29 is 32.7 Å². The van der Waals surface area contributed by atoms with Crippen molar-refractivity contribution >= 4 is 19.2 Å². The minimum absolute atomic E-state index is 0.135. The highest BCUT2D eigenvalue weighted by atomic mass is 31.2. The van der Waals surface area contributed by atoms with E-state index in [-0.39, 0.29) is 32.5 Å². The Hall–Kier alpha value is -2.88. The van der Waals surface area contributed by atoms with Gasteiger partial charge >= 0.3 is 7.82 Å². The number of phosphoric acid groups is 1. The number of aromatic nitrogens is 3. The molecule has 0 radical (unpaired) electrons. The molecule has 12 nitrogen and oxygen atoms in total. The first-order chi connectivity index (χ1) is 26.2. The summed E-state index contributed by atoms with van der Waals surface area (Å²) >= 11 is 0. The van der Waals surface area contributed by atoms with Crippen LogP contribution in [0.15, 0.2) is 42.7 Å². The minimum Gasteiger partial charge on any atom is -0.382 e. The van der Waals surface area contributed by atoms with E-state index in [1.807, 2.05) is 31.2 Å². The molecule has 1 fully saturated rings. The van der Waals surface area contributed by atoms with Crippen LogP contribution in [0.25, 0.3) is 5.52 Å². The highest BCUT2D eigenvalue weighted by Crippen LogP contribution is 2.47. The second-order valence-corrected chi connectivity index (χ2v) is 16.4. The summed E-state index contributed by atoms with van der Waals surface area (Å²) in [5.74, 6) is 0.378. The van der Waals surface area contributed by atoms with E-state index in [4.69, 9.17) is 34.3 Å². The Morgan fingerprint density at radius 3 is 2.20 bits per heavy atom. The van der Waals surface area contributed by atoms with Gasteiger partial charge in [-0.05, 0) is 56.0 Å². The zero-order valence-electron chi connectivity index (χ0n) is 32.7. The zero-order valence-corrected chi connectivity index (χ0v) is 33.6. The molecule has 4 rings (SSSR count). The lowest BCUT2D eigenvalue weighted by molar-refractivity contribution is -0.0710. The molecule has 3 heterocycles. The summed E-state index contributed by atoms with van der Waals surface area (Å²) in [4.78, 5) is 14.7. The molecule has 4 atom stereocenters. The minimum atomic E-state index is -4.45. The number of nitrogen functional groups attached to an aromatic ring is 1. The third-order valence-corrected chi connectivity index (χ3v) is 11.1. The number of phosphoric ester groups is 1. The fraction of sp³-hybridized carbons (Fsp3) is 0.683. The lowest BCUT2D eigenvalue weighted by atomic mass is 10.0. The monoisotopic (exact) mass is 769 g/mol. The predicted molar refractivity (Wildman–Crippen MR) is 211 cm³/mol. The molecule has 1 aromatic carbocycles. The van der Waals surface area contributed by atoms with E-state index in [1.165, 1.54) is 96.2 Å². The zero-order chi connectivity index (χ0) is 38.5. The van der Waals surface area contributed by atoms with E-state index < -0.39 is 19.5 Å². The Balaban J connectivity index is 1.12. The lowest BCUT2D eigenvalue weighted by Crippen LogP contribution is -2.30. The van der Waals surface area contributed by atoms with E-state index in [0.29, 0.717) is 36.3 Å². The van der Waals surface area contributed by atoms with Crippen molar-refractivity contribution in [3.63, 3.8) is 0 Å². The molecule has 1 aliphatic rings. The number of rotatable bonds is 29. The van der Waals surface area contributed by atoms with E-state index in [1.54, 1.807) is 16.6 Å². The van der Waals surface area contributed by atoms with Gasteiger partial charge in [0.1, 0.15) is 24.1 Å². The van der Waals surface area contributed by atoms with Gasteiger partial charge in [-0.25, -0.2) is 14.1 Å². The maximum atomic E-state index is 13.0. The van der Waals surface area contributed by atoms with Crippen LogP contribution in [0.2, 0.25) is 0 Å². The first kappa shape index (κ1) is 43.8. The number of nitriles is 1. The number of nitrogens with two attached hydrogens (primary N) is 1. The number of nitrogens with zero attached hydrogens (tertiary/aromatic N) is 4. The molecule has 2 aromatic heterocycles. The summed E-state index contributed by atoms with van der Waals surface area (Å²) in [5, 5.41) is 13.4. The maximum Gasteiger partial charge on any atom is 0.472 e. The number of hydrogen-bond acceptors (Lipinski definition) is 10. The van der Waals surface area contributed by atoms with Gasteiger partial charge in [0.15, 0.2) is 5.82 Å². The molecule has 1 saturated heterocycles. The molecule has 3 N–H and O–H groups in total.